The highest BCUT2D eigenvalue weighted by atomic mass is 31.2. The number of hydrogen-bond acceptors (Lipinski definition) is 15. The monoisotopic (exact) mass is 1310 g/mol. The average molecular weight is 1310 g/mol. The minimum atomic E-state index is -4.96. The molecular weight excluding hydrogens is 1170 g/mol. The maximum Gasteiger partial charge on any atom is 0.472 e. The molecule has 0 amide bonds. The summed E-state index contributed by atoms with van der Waals surface area (Å²) in [6.07, 6.45) is 49.5. The molecule has 0 aliphatic rings. The van der Waals surface area contributed by atoms with Crippen molar-refractivity contribution >= 4 is 39.5 Å². The van der Waals surface area contributed by atoms with Crippen LogP contribution in [-0.4, -0.2) is 96.7 Å². The zero-order chi connectivity index (χ0) is 65.7. The molecule has 0 spiro atoms. The van der Waals surface area contributed by atoms with Crippen LogP contribution in [0.5, 0.6) is 0 Å². The van der Waals surface area contributed by atoms with Gasteiger partial charge >= 0.3 is 39.5 Å². The molecule has 0 bridgehead atoms. The third-order valence-corrected chi connectivity index (χ3v) is 17.5. The third-order valence-electron chi connectivity index (χ3n) is 15.6. The first kappa shape index (κ1) is 86.5. The molecule has 0 saturated heterocycles. The van der Waals surface area contributed by atoms with Crippen molar-refractivity contribution in [3.05, 3.63) is 24.3 Å². The Morgan fingerprint density at radius 3 is 0.921 bits per heavy atom. The molecule has 3 N–H and O–H groups in total. The van der Waals surface area contributed by atoms with Gasteiger partial charge in [0, 0.05) is 25.7 Å². The van der Waals surface area contributed by atoms with Crippen LogP contribution in [0.3, 0.4) is 0 Å². The highest BCUT2D eigenvalue weighted by Crippen LogP contribution is 2.45. The fourth-order valence-corrected chi connectivity index (χ4v) is 11.6. The first-order chi connectivity index (χ1) is 42.9. The normalized spacial score (nSPS) is 14.3. The van der Waals surface area contributed by atoms with Gasteiger partial charge in [-0.2, -0.15) is 0 Å². The van der Waals surface area contributed by atoms with Crippen LogP contribution in [0, 0.1) is 11.8 Å². The molecular formula is C70H132O17P2. The van der Waals surface area contributed by atoms with Gasteiger partial charge in [-0.25, -0.2) is 9.13 Å². The van der Waals surface area contributed by atoms with Gasteiger partial charge in [-0.3, -0.25) is 37.3 Å². The number of carbonyl (C=O) groups is 4. The highest BCUT2D eigenvalue weighted by molar-refractivity contribution is 7.47. The number of ether oxygens (including phenoxy) is 4. The molecule has 19 heteroatoms. The molecule has 0 heterocycles. The van der Waals surface area contributed by atoms with E-state index >= 15 is 0 Å². The summed E-state index contributed by atoms with van der Waals surface area (Å²) in [5.74, 6) is -0.685. The number of hydrogen-bond donors (Lipinski definition) is 3. The van der Waals surface area contributed by atoms with Crippen LogP contribution in [0.2, 0.25) is 0 Å². The van der Waals surface area contributed by atoms with Crippen molar-refractivity contribution in [3.63, 3.8) is 0 Å². The van der Waals surface area contributed by atoms with Crippen molar-refractivity contribution in [1.29, 1.82) is 0 Å². The number of esters is 4. The molecule has 524 valence electrons. The Morgan fingerprint density at radius 2 is 0.607 bits per heavy atom. The van der Waals surface area contributed by atoms with Crippen LogP contribution in [0.4, 0.5) is 0 Å². The second-order valence-electron chi connectivity index (χ2n) is 25.5. The van der Waals surface area contributed by atoms with E-state index in [-0.39, 0.29) is 25.7 Å². The van der Waals surface area contributed by atoms with Gasteiger partial charge < -0.3 is 33.8 Å². The minimum absolute atomic E-state index is 0.0848. The first-order valence-corrected chi connectivity index (χ1v) is 38.8. The number of phosphoric acid groups is 2. The quantitative estimate of drug-likeness (QED) is 0.0169. The van der Waals surface area contributed by atoms with Crippen molar-refractivity contribution in [3.8, 4) is 0 Å². The molecule has 0 radical (unpaired) electrons. The Labute approximate surface area is 542 Å². The maximum atomic E-state index is 13.0. The lowest BCUT2D eigenvalue weighted by molar-refractivity contribution is -0.161. The van der Waals surface area contributed by atoms with Gasteiger partial charge in [-0.1, -0.05) is 278 Å². The zero-order valence-electron chi connectivity index (χ0n) is 57.2. The summed E-state index contributed by atoms with van der Waals surface area (Å²) in [7, 11) is -9.91. The van der Waals surface area contributed by atoms with E-state index in [9.17, 15) is 43.2 Å². The van der Waals surface area contributed by atoms with Crippen LogP contribution in [0.15, 0.2) is 24.3 Å². The molecule has 0 aliphatic heterocycles. The lowest BCUT2D eigenvalue weighted by atomic mass is 10.0. The Kier molecular flexibility index (Phi) is 60.0. The van der Waals surface area contributed by atoms with Crippen molar-refractivity contribution in [2.24, 2.45) is 11.8 Å². The molecule has 0 rings (SSSR count). The van der Waals surface area contributed by atoms with Crippen molar-refractivity contribution in [2.75, 3.05) is 39.6 Å². The number of rotatable bonds is 67. The summed E-state index contributed by atoms with van der Waals surface area (Å²) >= 11 is 0. The third kappa shape index (κ3) is 64.1. The molecule has 0 aliphatic carbocycles. The summed E-state index contributed by atoms with van der Waals surface area (Å²) in [6.45, 7) is 9.41. The summed E-state index contributed by atoms with van der Waals surface area (Å²) in [4.78, 5) is 72.4. The predicted molar refractivity (Wildman–Crippen MR) is 358 cm³/mol. The van der Waals surface area contributed by atoms with Crippen molar-refractivity contribution in [1.82, 2.24) is 0 Å². The molecule has 5 atom stereocenters. The Morgan fingerprint density at radius 1 is 0.348 bits per heavy atom. The van der Waals surface area contributed by atoms with Crippen LogP contribution in [-0.2, 0) is 65.4 Å². The van der Waals surface area contributed by atoms with Crippen LogP contribution < -0.4 is 0 Å². The Balaban J connectivity index is 5.27. The highest BCUT2D eigenvalue weighted by Gasteiger charge is 2.30. The van der Waals surface area contributed by atoms with Gasteiger partial charge in [0.1, 0.15) is 19.3 Å². The molecule has 0 fully saturated rings. The molecule has 0 aromatic heterocycles. The second kappa shape index (κ2) is 61.7. The van der Waals surface area contributed by atoms with Crippen LogP contribution in [0.1, 0.15) is 330 Å². The summed E-state index contributed by atoms with van der Waals surface area (Å²) in [5.41, 5.74) is 0. The number of aliphatic hydroxyl groups is 1. The topological polar surface area (TPSA) is 237 Å². The number of aliphatic hydroxyl groups excluding tert-OH is 1. The first-order valence-electron chi connectivity index (χ1n) is 35.8. The molecule has 2 unspecified atom stereocenters. The summed E-state index contributed by atoms with van der Waals surface area (Å²) in [5, 5.41) is 10.6. The zero-order valence-corrected chi connectivity index (χ0v) is 59.0. The standard InChI is InChI=1S/C70H132O17P2/c1-7-9-11-13-15-17-18-19-20-21-26-30-36-42-48-54-69(74)86-65(58-81-68(73)53-47-41-35-29-25-23-22-24-28-32-38-44-50-62(3)4)60-84-88(76,77)82-56-64(71)57-83-89(78,79)85-61-66(59-80-67(72)52-46-40-34-27-16-14-12-10-8-2)87-70(75)55-49-43-37-31-33-39-45-51-63(5)6/h17-20,62-66,71H,7-16,21-61H2,1-6H3,(H,76,77)(H,78,79)/b18-17-,20-19-/t64-,65-,66-/m1/s1. The maximum absolute atomic E-state index is 13.0. The van der Waals surface area contributed by atoms with Gasteiger partial charge in [0.05, 0.1) is 26.4 Å². The number of allylic oxidation sites excluding steroid dienone is 4. The molecule has 89 heavy (non-hydrogen) atoms. The lowest BCUT2D eigenvalue weighted by Gasteiger charge is -2.21. The fraction of sp³-hybridized carbons (Fsp3) is 0.886. The lowest BCUT2D eigenvalue weighted by Crippen LogP contribution is -2.30. The van der Waals surface area contributed by atoms with Gasteiger partial charge in [0.2, 0.25) is 0 Å². The van der Waals surface area contributed by atoms with E-state index in [2.05, 4.69) is 65.8 Å². The Hall–Kier alpha value is -2.46. The van der Waals surface area contributed by atoms with E-state index < -0.39 is 97.5 Å². The van der Waals surface area contributed by atoms with E-state index in [0.29, 0.717) is 31.6 Å². The van der Waals surface area contributed by atoms with E-state index in [1.807, 2.05) is 0 Å². The number of unbranched alkanes of at least 4 members (excludes halogenated alkanes) is 34. The second-order valence-corrected chi connectivity index (χ2v) is 28.4. The number of carbonyl (C=O) groups excluding carboxylic acids is 4. The molecule has 0 aromatic carbocycles. The van der Waals surface area contributed by atoms with Gasteiger partial charge in [-0.05, 0) is 63.2 Å². The van der Waals surface area contributed by atoms with Crippen molar-refractivity contribution in [2.45, 2.75) is 349 Å². The van der Waals surface area contributed by atoms with Gasteiger partial charge in [-0.15, -0.1) is 0 Å². The molecule has 0 saturated carbocycles. The minimum Gasteiger partial charge on any atom is -0.462 e. The van der Waals surface area contributed by atoms with E-state index in [4.69, 9.17) is 37.0 Å². The van der Waals surface area contributed by atoms with E-state index in [0.717, 1.165) is 109 Å². The smallest absolute Gasteiger partial charge is 0.462 e. The van der Waals surface area contributed by atoms with E-state index in [1.165, 1.54) is 135 Å². The number of phosphoric ester groups is 2. The summed E-state index contributed by atoms with van der Waals surface area (Å²) < 4.78 is 68.2. The van der Waals surface area contributed by atoms with E-state index in [1.54, 1.807) is 0 Å². The van der Waals surface area contributed by atoms with Crippen LogP contribution >= 0.6 is 15.6 Å². The SMILES string of the molecule is CCCCCC/C=C\C=C/CCCCCCCC(=O)O[C@H](COC(=O)CCCCCCCCCCCCCCC(C)C)COP(=O)(O)OC[C@@H](O)COP(=O)(O)OC[C@@H](COC(=O)CCCCCCCCCCC)OC(=O)CCCCCCCCCC(C)C. The molecule has 17 nitrogen and oxygen atoms in total. The summed E-state index contributed by atoms with van der Waals surface area (Å²) in [6, 6.07) is 0. The van der Waals surface area contributed by atoms with Crippen LogP contribution in [0.25, 0.3) is 0 Å². The van der Waals surface area contributed by atoms with Gasteiger partial charge in [0.25, 0.3) is 0 Å². The predicted octanol–water partition coefficient (Wildman–Crippen LogP) is 19.5. The molecule has 0 aromatic rings. The Bertz CT molecular complexity index is 1830. The van der Waals surface area contributed by atoms with Crippen molar-refractivity contribution < 1.29 is 80.2 Å². The largest absolute Gasteiger partial charge is 0.472 e. The average Bonchev–Trinajstić information content (AvgIpc) is 3.68. The van der Waals surface area contributed by atoms with Gasteiger partial charge in [0.15, 0.2) is 12.2 Å². The fourth-order valence-electron chi connectivity index (χ4n) is 10.1.